The quantitative estimate of drug-likeness (QED) is 0.220. The molecule has 4 nitrogen and oxygen atoms in total. The predicted octanol–water partition coefficient (Wildman–Crippen LogP) is 7.75. The van der Waals surface area contributed by atoms with Crippen molar-refractivity contribution in [1.29, 1.82) is 0 Å². The van der Waals surface area contributed by atoms with Crippen molar-refractivity contribution in [2.24, 2.45) is 0 Å². The van der Waals surface area contributed by atoms with Crippen LogP contribution in [-0.2, 0) is 18.5 Å². The van der Waals surface area contributed by atoms with Gasteiger partial charge < -0.3 is 19.3 Å². The molecule has 4 heteroatoms. The topological polar surface area (TPSA) is 24.9 Å². The summed E-state index contributed by atoms with van der Waals surface area (Å²) in [6, 6.07) is 45.2. The van der Waals surface area contributed by atoms with Crippen molar-refractivity contribution in [2.75, 3.05) is 23.3 Å². The van der Waals surface area contributed by atoms with Crippen LogP contribution < -0.4 is 19.3 Å². The molecule has 0 bridgehead atoms. The third-order valence-electron chi connectivity index (χ3n) is 8.34. The van der Waals surface area contributed by atoms with Crippen LogP contribution in [0.1, 0.15) is 34.7 Å². The number of para-hydroxylation sites is 2. The third kappa shape index (κ3) is 4.36. The molecule has 0 unspecified atom stereocenters. The summed E-state index contributed by atoms with van der Waals surface area (Å²) < 4.78 is 12.4. The molecule has 0 amide bonds. The minimum Gasteiger partial charge on any atom is -0.473 e. The second-order valence-corrected chi connectivity index (χ2v) is 10.7. The van der Waals surface area contributed by atoms with E-state index >= 15 is 0 Å². The van der Waals surface area contributed by atoms with Gasteiger partial charge in [-0.3, -0.25) is 0 Å². The fraction of sp³-hybridized carbons (Fsp3) is 0.167. The Kier molecular flexibility index (Phi) is 6.16. The van der Waals surface area contributed by atoms with Crippen LogP contribution in [0.3, 0.4) is 0 Å². The standard InChI is InChI=1S/C36H32N2O2/c1-36(29-11-5-2-6-12-29,30-17-19-34-27(21-30)23-37(25-39-34)32-13-7-3-8-14-32)31-18-20-35-28(22-31)24-38(26-40-35)33-15-9-4-10-16-33/h2-22H,23-26H2,1H3. The average molecular weight is 525 g/mol. The summed E-state index contributed by atoms with van der Waals surface area (Å²) in [7, 11) is 0. The summed E-state index contributed by atoms with van der Waals surface area (Å²) >= 11 is 0. The van der Waals surface area contributed by atoms with Crippen molar-refractivity contribution in [3.05, 3.63) is 155 Å². The Labute approximate surface area is 236 Å². The minimum atomic E-state index is -0.366. The van der Waals surface area contributed by atoms with Gasteiger partial charge in [-0.1, -0.05) is 78.9 Å². The van der Waals surface area contributed by atoms with E-state index in [1.807, 2.05) is 12.1 Å². The van der Waals surface area contributed by atoms with Crippen molar-refractivity contribution in [1.82, 2.24) is 0 Å². The first-order chi connectivity index (χ1) is 19.7. The second kappa shape index (κ2) is 10.1. The highest BCUT2D eigenvalue weighted by molar-refractivity contribution is 5.58. The summed E-state index contributed by atoms with van der Waals surface area (Å²) in [4.78, 5) is 4.56. The van der Waals surface area contributed by atoms with E-state index in [0.717, 1.165) is 24.6 Å². The highest BCUT2D eigenvalue weighted by atomic mass is 16.5. The van der Waals surface area contributed by atoms with Gasteiger partial charge in [0.1, 0.15) is 11.5 Å². The molecular formula is C36H32N2O2. The first-order valence-corrected chi connectivity index (χ1v) is 13.9. The number of rotatable bonds is 5. The molecule has 0 fully saturated rings. The first-order valence-electron chi connectivity index (χ1n) is 13.9. The molecule has 0 aromatic heterocycles. The van der Waals surface area contributed by atoms with Crippen LogP contribution in [0.15, 0.2) is 127 Å². The summed E-state index contributed by atoms with van der Waals surface area (Å²) in [5.41, 5.74) is 8.11. The summed E-state index contributed by atoms with van der Waals surface area (Å²) in [6.45, 7) is 5.05. The Balaban J connectivity index is 1.29. The van der Waals surface area contributed by atoms with E-state index in [-0.39, 0.29) is 5.41 Å². The fourth-order valence-corrected chi connectivity index (χ4v) is 5.99. The lowest BCUT2D eigenvalue weighted by atomic mass is 9.70. The predicted molar refractivity (Wildman–Crippen MR) is 161 cm³/mol. The maximum absolute atomic E-state index is 6.20. The Bertz CT molecular complexity index is 1520. The maximum Gasteiger partial charge on any atom is 0.161 e. The van der Waals surface area contributed by atoms with Crippen LogP contribution in [-0.4, -0.2) is 13.5 Å². The molecule has 0 radical (unpaired) electrons. The van der Waals surface area contributed by atoms with Crippen molar-refractivity contribution in [3.63, 3.8) is 0 Å². The van der Waals surface area contributed by atoms with Crippen LogP contribution >= 0.6 is 0 Å². The molecule has 0 aliphatic carbocycles. The Hall–Kier alpha value is -4.70. The number of ether oxygens (including phenoxy) is 2. The molecule has 40 heavy (non-hydrogen) atoms. The SMILES string of the molecule is CC(c1ccccc1)(c1ccc2c(c1)CN(c1ccccc1)CO2)c1ccc2c(c1)CN(c1ccccc1)CO2. The second-order valence-electron chi connectivity index (χ2n) is 10.7. The Morgan fingerprint density at radius 1 is 0.500 bits per heavy atom. The van der Waals surface area contributed by atoms with E-state index in [4.69, 9.17) is 9.47 Å². The van der Waals surface area contributed by atoms with E-state index < -0.39 is 0 Å². The molecule has 2 aliphatic heterocycles. The van der Waals surface area contributed by atoms with Crippen molar-refractivity contribution >= 4 is 11.4 Å². The van der Waals surface area contributed by atoms with Gasteiger partial charge in [0.25, 0.3) is 0 Å². The van der Waals surface area contributed by atoms with Crippen LogP contribution in [0.5, 0.6) is 11.5 Å². The van der Waals surface area contributed by atoms with Gasteiger partial charge in [0.2, 0.25) is 0 Å². The van der Waals surface area contributed by atoms with Crippen LogP contribution in [0.25, 0.3) is 0 Å². The highest BCUT2D eigenvalue weighted by Gasteiger charge is 2.34. The molecule has 198 valence electrons. The number of hydrogen-bond acceptors (Lipinski definition) is 4. The number of fused-ring (bicyclic) bond motifs is 2. The summed E-state index contributed by atoms with van der Waals surface area (Å²) in [5.74, 6) is 1.92. The largest absolute Gasteiger partial charge is 0.473 e. The van der Waals surface area contributed by atoms with E-state index in [1.54, 1.807) is 0 Å². The number of benzene rings is 5. The lowest BCUT2D eigenvalue weighted by Crippen LogP contribution is -2.33. The van der Waals surface area contributed by atoms with Crippen LogP contribution in [0.2, 0.25) is 0 Å². The Morgan fingerprint density at radius 2 is 0.925 bits per heavy atom. The summed E-state index contributed by atoms with van der Waals surface area (Å²) in [6.07, 6.45) is 0. The van der Waals surface area contributed by atoms with E-state index in [0.29, 0.717) is 13.5 Å². The van der Waals surface area contributed by atoms with Crippen molar-refractivity contribution in [2.45, 2.75) is 25.4 Å². The minimum absolute atomic E-state index is 0.366. The molecule has 0 N–H and O–H groups in total. The fourth-order valence-electron chi connectivity index (χ4n) is 5.99. The van der Waals surface area contributed by atoms with E-state index in [2.05, 4.69) is 132 Å². The molecule has 2 heterocycles. The van der Waals surface area contributed by atoms with Crippen LogP contribution in [0.4, 0.5) is 11.4 Å². The average Bonchev–Trinajstić information content (AvgIpc) is 3.04. The van der Waals surface area contributed by atoms with Gasteiger partial charge in [-0.2, -0.15) is 0 Å². The van der Waals surface area contributed by atoms with Crippen LogP contribution in [0, 0.1) is 0 Å². The zero-order valence-corrected chi connectivity index (χ0v) is 22.7. The van der Waals surface area contributed by atoms with Gasteiger partial charge in [-0.05, 0) is 72.1 Å². The zero-order chi connectivity index (χ0) is 26.9. The number of anilines is 2. The lowest BCUT2D eigenvalue weighted by molar-refractivity contribution is 0.289. The Morgan fingerprint density at radius 3 is 1.38 bits per heavy atom. The van der Waals surface area contributed by atoms with Gasteiger partial charge in [-0.15, -0.1) is 0 Å². The molecular weight excluding hydrogens is 492 g/mol. The van der Waals surface area contributed by atoms with Crippen molar-refractivity contribution < 1.29 is 9.47 Å². The van der Waals surface area contributed by atoms with Gasteiger partial charge in [0.15, 0.2) is 13.5 Å². The third-order valence-corrected chi connectivity index (χ3v) is 8.34. The van der Waals surface area contributed by atoms with Crippen molar-refractivity contribution in [3.8, 4) is 11.5 Å². The zero-order valence-electron chi connectivity index (χ0n) is 22.7. The molecule has 0 atom stereocenters. The number of hydrogen-bond donors (Lipinski definition) is 0. The monoisotopic (exact) mass is 524 g/mol. The normalized spacial score (nSPS) is 14.5. The summed E-state index contributed by atoms with van der Waals surface area (Å²) in [5, 5.41) is 0. The van der Waals surface area contributed by atoms with Gasteiger partial charge in [-0.25, -0.2) is 0 Å². The van der Waals surface area contributed by atoms with Gasteiger partial charge >= 0.3 is 0 Å². The first kappa shape index (κ1) is 24.3. The molecule has 5 aromatic carbocycles. The number of nitrogens with zero attached hydrogens (tertiary/aromatic N) is 2. The smallest absolute Gasteiger partial charge is 0.161 e. The molecule has 0 saturated heterocycles. The molecule has 0 saturated carbocycles. The highest BCUT2D eigenvalue weighted by Crippen LogP contribution is 2.43. The van der Waals surface area contributed by atoms with Gasteiger partial charge in [0, 0.05) is 41.0 Å². The molecule has 5 aromatic rings. The molecule has 0 spiro atoms. The van der Waals surface area contributed by atoms with Gasteiger partial charge in [0.05, 0.1) is 0 Å². The maximum atomic E-state index is 6.20. The molecule has 2 aliphatic rings. The van der Waals surface area contributed by atoms with E-state index in [1.165, 1.54) is 39.2 Å². The van der Waals surface area contributed by atoms with E-state index in [9.17, 15) is 0 Å². The lowest BCUT2D eigenvalue weighted by Gasteiger charge is -2.36. The molecule has 7 rings (SSSR count).